The molecule has 6 heteroatoms. The summed E-state index contributed by atoms with van der Waals surface area (Å²) in [6.45, 7) is 6.47. The fourth-order valence-electron chi connectivity index (χ4n) is 1.77. The van der Waals surface area contributed by atoms with E-state index in [0.717, 1.165) is 0 Å². The summed E-state index contributed by atoms with van der Waals surface area (Å²) in [5, 5.41) is 10.8. The largest absolute Gasteiger partial charge is 0.544 e. The van der Waals surface area contributed by atoms with Crippen LogP contribution in [0, 0.1) is 11.3 Å². The van der Waals surface area contributed by atoms with Crippen LogP contribution in [0.2, 0.25) is 0 Å². The van der Waals surface area contributed by atoms with Crippen molar-refractivity contribution >= 4 is 11.9 Å². The van der Waals surface area contributed by atoms with Gasteiger partial charge in [-0.15, -0.1) is 0 Å². The molecule has 6 nitrogen and oxygen atoms in total. The highest BCUT2D eigenvalue weighted by Gasteiger charge is 2.33. The highest BCUT2D eigenvalue weighted by Crippen LogP contribution is 2.29. The van der Waals surface area contributed by atoms with E-state index < -0.39 is 12.0 Å². The molecule has 0 rings (SSSR count). The lowest BCUT2D eigenvalue weighted by Gasteiger charge is -2.33. The number of carboxylic acids is 1. The maximum absolute atomic E-state index is 10.8. The lowest BCUT2D eigenvalue weighted by Crippen LogP contribution is -2.79. The Kier molecular flexibility index (Phi) is 5.23. The third kappa shape index (κ3) is 4.97. The summed E-state index contributed by atoms with van der Waals surface area (Å²) in [5.41, 5.74) is 14.0. The van der Waals surface area contributed by atoms with Gasteiger partial charge < -0.3 is 15.6 Å². The minimum Gasteiger partial charge on any atom is -0.544 e. The smallest absolute Gasteiger partial charge is 0.338 e. The first-order chi connectivity index (χ1) is 7.16. The second-order valence-electron chi connectivity index (χ2n) is 5.07. The molecule has 0 aromatic carbocycles. The SMILES string of the molecule is CC(C)(C)C(CC[NH+]=C(N)N)C([NH3+])C(=O)[O-]. The van der Waals surface area contributed by atoms with Crippen molar-refractivity contribution in [1.82, 2.24) is 0 Å². The third-order valence-electron chi connectivity index (χ3n) is 2.69. The lowest BCUT2D eigenvalue weighted by atomic mass is 9.74. The highest BCUT2D eigenvalue weighted by atomic mass is 16.4. The van der Waals surface area contributed by atoms with E-state index >= 15 is 0 Å². The number of hydrogen-bond donors (Lipinski definition) is 4. The van der Waals surface area contributed by atoms with Crippen LogP contribution in [-0.4, -0.2) is 24.5 Å². The van der Waals surface area contributed by atoms with Gasteiger partial charge in [0.2, 0.25) is 0 Å². The summed E-state index contributed by atoms with van der Waals surface area (Å²) in [6.07, 6.45) is 0.629. The van der Waals surface area contributed by atoms with E-state index in [9.17, 15) is 9.90 Å². The Hall–Kier alpha value is -1.30. The predicted molar refractivity (Wildman–Crippen MR) is 58.5 cm³/mol. The molecule has 0 aliphatic carbocycles. The fraction of sp³-hybridized carbons (Fsp3) is 0.800. The number of carbonyl (C=O) groups is 1. The molecule has 0 aliphatic heterocycles. The van der Waals surface area contributed by atoms with Crippen LogP contribution in [-0.2, 0) is 4.79 Å². The van der Waals surface area contributed by atoms with Gasteiger partial charge in [-0.05, 0) is 11.8 Å². The van der Waals surface area contributed by atoms with Crippen LogP contribution in [0.3, 0.4) is 0 Å². The van der Waals surface area contributed by atoms with E-state index in [1.54, 1.807) is 0 Å². The van der Waals surface area contributed by atoms with E-state index in [4.69, 9.17) is 11.5 Å². The van der Waals surface area contributed by atoms with Crippen LogP contribution >= 0.6 is 0 Å². The maximum atomic E-state index is 10.8. The number of hydrogen-bond acceptors (Lipinski definition) is 2. The normalized spacial score (nSPS) is 15.2. The topological polar surface area (TPSA) is 134 Å². The van der Waals surface area contributed by atoms with Crippen LogP contribution in [0.5, 0.6) is 0 Å². The number of guanidine groups is 1. The summed E-state index contributed by atoms with van der Waals surface area (Å²) in [6, 6.07) is -0.735. The second-order valence-corrected chi connectivity index (χ2v) is 5.07. The molecule has 0 heterocycles. The predicted octanol–water partition coefficient (Wildman–Crippen LogP) is -4.25. The number of nitrogens with two attached hydrogens (primary N) is 2. The summed E-state index contributed by atoms with van der Waals surface area (Å²) < 4.78 is 0. The van der Waals surface area contributed by atoms with Crippen molar-refractivity contribution in [2.45, 2.75) is 33.2 Å². The fourth-order valence-corrected chi connectivity index (χ4v) is 1.77. The maximum Gasteiger partial charge on any atom is 0.338 e. The van der Waals surface area contributed by atoms with Crippen LogP contribution < -0.4 is 27.3 Å². The van der Waals surface area contributed by atoms with Gasteiger partial charge in [0.15, 0.2) is 0 Å². The molecule has 16 heavy (non-hydrogen) atoms. The first kappa shape index (κ1) is 14.7. The zero-order chi connectivity index (χ0) is 12.9. The van der Waals surface area contributed by atoms with Crippen LogP contribution in [0.1, 0.15) is 27.2 Å². The van der Waals surface area contributed by atoms with Gasteiger partial charge in [0.1, 0.15) is 6.04 Å². The molecule has 0 aromatic heterocycles. The molecule has 0 spiro atoms. The van der Waals surface area contributed by atoms with Gasteiger partial charge in [0.25, 0.3) is 0 Å². The number of quaternary nitrogens is 1. The molecule has 2 unspecified atom stereocenters. The van der Waals surface area contributed by atoms with Gasteiger partial charge in [-0.2, -0.15) is 0 Å². The van der Waals surface area contributed by atoms with Crippen LogP contribution in [0.15, 0.2) is 0 Å². The quantitative estimate of drug-likeness (QED) is 0.281. The van der Waals surface area contributed by atoms with E-state index in [-0.39, 0.29) is 17.3 Å². The molecule has 0 aromatic rings. The van der Waals surface area contributed by atoms with Crippen molar-refractivity contribution in [3.63, 3.8) is 0 Å². The Morgan fingerprint density at radius 2 is 1.94 bits per heavy atom. The molecule has 8 N–H and O–H groups in total. The van der Waals surface area contributed by atoms with E-state index in [0.29, 0.717) is 13.0 Å². The van der Waals surface area contributed by atoms with Crippen molar-refractivity contribution in [2.24, 2.45) is 22.8 Å². The summed E-state index contributed by atoms with van der Waals surface area (Å²) in [5.74, 6) is -1.07. The van der Waals surface area contributed by atoms with Crippen molar-refractivity contribution in [1.29, 1.82) is 0 Å². The average molecular weight is 231 g/mol. The second kappa shape index (κ2) is 5.69. The van der Waals surface area contributed by atoms with Crippen molar-refractivity contribution in [2.75, 3.05) is 6.54 Å². The van der Waals surface area contributed by atoms with Gasteiger partial charge in [-0.3, -0.25) is 16.5 Å². The highest BCUT2D eigenvalue weighted by molar-refractivity contribution is 5.70. The molecule has 0 aliphatic rings. The Labute approximate surface area is 95.9 Å². The summed E-state index contributed by atoms with van der Waals surface area (Å²) in [7, 11) is 0. The molecular weight excluding hydrogens is 208 g/mol. The average Bonchev–Trinajstić information content (AvgIpc) is 2.08. The van der Waals surface area contributed by atoms with E-state index in [2.05, 4.69) is 10.7 Å². The number of nitrogens with one attached hydrogen (secondary N) is 1. The van der Waals surface area contributed by atoms with Crippen molar-refractivity contribution < 1.29 is 20.6 Å². The van der Waals surface area contributed by atoms with Crippen LogP contribution in [0.25, 0.3) is 0 Å². The Morgan fingerprint density at radius 3 is 2.25 bits per heavy atom. The first-order valence-electron chi connectivity index (χ1n) is 5.32. The van der Waals surface area contributed by atoms with E-state index in [1.165, 1.54) is 0 Å². The Balaban J connectivity index is 4.58. The van der Waals surface area contributed by atoms with Gasteiger partial charge in [-0.1, -0.05) is 20.8 Å². The van der Waals surface area contributed by atoms with Crippen molar-refractivity contribution in [3.8, 4) is 0 Å². The molecule has 0 saturated carbocycles. The van der Waals surface area contributed by atoms with Gasteiger partial charge in [-0.25, -0.2) is 0 Å². The van der Waals surface area contributed by atoms with Gasteiger partial charge >= 0.3 is 5.96 Å². The zero-order valence-corrected chi connectivity index (χ0v) is 10.2. The molecule has 0 radical (unpaired) electrons. The molecular formula is C10H23N4O2+. The molecule has 94 valence electrons. The number of carboxylic acid groups (broad SMARTS) is 1. The standard InChI is InChI=1S/C10H22N4O2/c1-10(2,3)6(7(11)8(15)16)4-5-14-9(12)13/h6-7H,4-5,11H2,1-3H3,(H,15,16)(H4,12,13,14)/p+1. The minimum atomic E-state index is -1.12. The van der Waals surface area contributed by atoms with E-state index in [1.807, 2.05) is 20.8 Å². The molecule has 0 saturated heterocycles. The summed E-state index contributed by atoms with van der Waals surface area (Å²) >= 11 is 0. The van der Waals surface area contributed by atoms with Crippen molar-refractivity contribution in [3.05, 3.63) is 0 Å². The molecule has 0 fully saturated rings. The van der Waals surface area contributed by atoms with Gasteiger partial charge in [0.05, 0.1) is 12.5 Å². The minimum absolute atomic E-state index is 0.0932. The number of carbonyl (C=O) groups excluding carboxylic acids is 1. The number of rotatable bonds is 5. The van der Waals surface area contributed by atoms with Gasteiger partial charge in [0, 0.05) is 5.92 Å². The third-order valence-corrected chi connectivity index (χ3v) is 2.69. The number of aliphatic carboxylic acids is 1. The Bertz CT molecular complexity index is 266. The zero-order valence-electron chi connectivity index (χ0n) is 10.2. The molecule has 0 bridgehead atoms. The molecule has 2 atom stereocenters. The first-order valence-corrected chi connectivity index (χ1v) is 5.32. The summed E-state index contributed by atoms with van der Waals surface area (Å²) in [4.78, 5) is 13.6. The van der Waals surface area contributed by atoms with Crippen LogP contribution in [0.4, 0.5) is 0 Å². The monoisotopic (exact) mass is 231 g/mol. The molecule has 0 amide bonds. The lowest BCUT2D eigenvalue weighted by molar-refractivity contribution is -0.476. The Morgan fingerprint density at radius 1 is 1.44 bits per heavy atom.